The number of carbonyl (C=O) groups is 1. The molecule has 0 aliphatic carbocycles. The highest BCUT2D eigenvalue weighted by atomic mass is 32.1. The van der Waals surface area contributed by atoms with Crippen molar-refractivity contribution in [3.05, 3.63) is 56.8 Å². The van der Waals surface area contributed by atoms with Gasteiger partial charge in [-0.05, 0) is 26.0 Å². The molecule has 0 unspecified atom stereocenters. The Labute approximate surface area is 124 Å². The van der Waals surface area contributed by atoms with Crippen molar-refractivity contribution < 1.29 is 9.21 Å². The van der Waals surface area contributed by atoms with E-state index in [1.165, 1.54) is 28.2 Å². The molecule has 0 bridgehead atoms. The lowest BCUT2D eigenvalue weighted by Crippen LogP contribution is -2.31. The Hall–Kier alpha value is -2.41. The lowest BCUT2D eigenvalue weighted by atomic mass is 10.3. The molecule has 108 valence electrons. The maximum atomic E-state index is 12.4. The molecule has 3 aromatic heterocycles. The summed E-state index contributed by atoms with van der Waals surface area (Å²) in [5.74, 6) is 0.168. The smallest absolute Gasteiger partial charge is 0.271 e. The highest BCUT2D eigenvalue weighted by molar-refractivity contribution is 7.17. The number of thiazole rings is 1. The van der Waals surface area contributed by atoms with E-state index < -0.39 is 5.91 Å². The first-order chi connectivity index (χ1) is 10.1. The predicted octanol–water partition coefficient (Wildman–Crippen LogP) is 1.90. The van der Waals surface area contributed by atoms with Gasteiger partial charge in [-0.15, -0.1) is 11.3 Å². The van der Waals surface area contributed by atoms with Crippen molar-refractivity contribution in [2.45, 2.75) is 20.4 Å². The van der Waals surface area contributed by atoms with E-state index in [-0.39, 0.29) is 17.7 Å². The molecule has 3 heterocycles. The molecule has 0 aliphatic rings. The minimum Gasteiger partial charge on any atom is -0.467 e. The van der Waals surface area contributed by atoms with Crippen molar-refractivity contribution >= 4 is 22.2 Å². The second-order valence-electron chi connectivity index (χ2n) is 4.60. The van der Waals surface area contributed by atoms with Crippen LogP contribution in [0.4, 0.5) is 0 Å². The monoisotopic (exact) mass is 303 g/mol. The second-order valence-corrected chi connectivity index (χ2v) is 5.78. The zero-order valence-corrected chi connectivity index (χ0v) is 12.4. The third-order valence-corrected chi connectivity index (χ3v) is 4.34. The SMILES string of the molecule is Cc1sc2ncc(C(=O)NCc3ccco3)c(=O)n2c1C. The summed E-state index contributed by atoms with van der Waals surface area (Å²) >= 11 is 1.43. The van der Waals surface area contributed by atoms with Crippen LogP contribution in [0.2, 0.25) is 0 Å². The number of aromatic nitrogens is 2. The first-order valence-corrected chi connectivity index (χ1v) is 7.18. The molecule has 0 saturated carbocycles. The molecule has 3 rings (SSSR count). The Balaban J connectivity index is 1.93. The van der Waals surface area contributed by atoms with Gasteiger partial charge in [0.05, 0.1) is 12.8 Å². The zero-order valence-electron chi connectivity index (χ0n) is 11.5. The van der Waals surface area contributed by atoms with Crippen LogP contribution in [0.1, 0.15) is 26.7 Å². The highest BCUT2D eigenvalue weighted by Gasteiger charge is 2.16. The summed E-state index contributed by atoms with van der Waals surface area (Å²) in [4.78, 5) is 30.3. The van der Waals surface area contributed by atoms with Gasteiger partial charge >= 0.3 is 0 Å². The van der Waals surface area contributed by atoms with Crippen LogP contribution in [0.25, 0.3) is 4.96 Å². The number of nitrogens with zero attached hydrogens (tertiary/aromatic N) is 2. The minimum atomic E-state index is -0.457. The summed E-state index contributed by atoms with van der Waals surface area (Å²) in [6, 6.07) is 3.49. The van der Waals surface area contributed by atoms with Crippen LogP contribution in [0, 0.1) is 13.8 Å². The number of hydrogen-bond donors (Lipinski definition) is 1. The Kier molecular flexibility index (Phi) is 3.34. The van der Waals surface area contributed by atoms with E-state index in [1.54, 1.807) is 12.1 Å². The largest absolute Gasteiger partial charge is 0.467 e. The number of aryl methyl sites for hydroxylation is 2. The molecule has 21 heavy (non-hydrogen) atoms. The highest BCUT2D eigenvalue weighted by Crippen LogP contribution is 2.18. The van der Waals surface area contributed by atoms with Gasteiger partial charge in [-0.25, -0.2) is 4.98 Å². The van der Waals surface area contributed by atoms with Crippen LogP contribution >= 0.6 is 11.3 Å². The van der Waals surface area contributed by atoms with Crippen molar-refractivity contribution in [1.82, 2.24) is 14.7 Å². The maximum absolute atomic E-state index is 12.4. The van der Waals surface area contributed by atoms with Gasteiger partial charge in [0, 0.05) is 16.8 Å². The minimum absolute atomic E-state index is 0.0277. The molecule has 0 atom stereocenters. The molecule has 0 radical (unpaired) electrons. The van der Waals surface area contributed by atoms with Crippen molar-refractivity contribution in [3.8, 4) is 0 Å². The van der Waals surface area contributed by atoms with Crippen molar-refractivity contribution in [2.75, 3.05) is 0 Å². The zero-order chi connectivity index (χ0) is 15.0. The van der Waals surface area contributed by atoms with Crippen molar-refractivity contribution in [3.63, 3.8) is 0 Å². The number of furan rings is 1. The molecule has 0 saturated heterocycles. The molecule has 7 heteroatoms. The van der Waals surface area contributed by atoms with Gasteiger partial charge in [0.1, 0.15) is 11.3 Å². The molecule has 6 nitrogen and oxygen atoms in total. The summed E-state index contributed by atoms with van der Waals surface area (Å²) in [6.07, 6.45) is 2.85. The van der Waals surface area contributed by atoms with E-state index in [0.717, 1.165) is 10.6 Å². The first-order valence-electron chi connectivity index (χ1n) is 6.36. The van der Waals surface area contributed by atoms with Crippen LogP contribution in [0.3, 0.4) is 0 Å². The van der Waals surface area contributed by atoms with Crippen molar-refractivity contribution in [2.24, 2.45) is 0 Å². The van der Waals surface area contributed by atoms with Gasteiger partial charge in [-0.3, -0.25) is 14.0 Å². The van der Waals surface area contributed by atoms with Crippen LogP contribution in [-0.2, 0) is 6.54 Å². The Morgan fingerprint density at radius 1 is 1.48 bits per heavy atom. The summed E-state index contributed by atoms with van der Waals surface area (Å²) in [7, 11) is 0. The van der Waals surface area contributed by atoms with Gasteiger partial charge in [-0.1, -0.05) is 0 Å². The topological polar surface area (TPSA) is 76.6 Å². The number of fused-ring (bicyclic) bond motifs is 1. The van der Waals surface area contributed by atoms with Crippen LogP contribution in [0.15, 0.2) is 33.8 Å². The van der Waals surface area contributed by atoms with E-state index in [4.69, 9.17) is 4.42 Å². The average Bonchev–Trinajstić information content (AvgIpc) is 3.06. The maximum Gasteiger partial charge on any atom is 0.271 e. The Morgan fingerprint density at radius 2 is 2.29 bits per heavy atom. The second kappa shape index (κ2) is 5.17. The summed E-state index contributed by atoms with van der Waals surface area (Å²) in [5, 5.41) is 2.65. The molecular weight excluding hydrogens is 290 g/mol. The number of rotatable bonds is 3. The fourth-order valence-corrected chi connectivity index (χ4v) is 2.94. The molecule has 0 aliphatic heterocycles. The summed E-state index contributed by atoms with van der Waals surface area (Å²) in [5.41, 5.74) is 0.493. The standard InChI is InChI=1S/C14H13N3O3S/c1-8-9(2)21-14-16-7-11(13(19)17(8)14)12(18)15-6-10-4-3-5-20-10/h3-5,7H,6H2,1-2H3,(H,15,18). The van der Waals surface area contributed by atoms with Crippen LogP contribution < -0.4 is 10.9 Å². The molecular formula is C14H13N3O3S. The molecule has 1 N–H and O–H groups in total. The lowest BCUT2D eigenvalue weighted by molar-refractivity contribution is 0.0946. The third kappa shape index (κ3) is 2.36. The number of nitrogens with one attached hydrogen (secondary N) is 1. The number of hydrogen-bond acceptors (Lipinski definition) is 5. The molecule has 3 aromatic rings. The third-order valence-electron chi connectivity index (χ3n) is 3.27. The fraction of sp³-hybridized carbons (Fsp3) is 0.214. The predicted molar refractivity (Wildman–Crippen MR) is 78.7 cm³/mol. The van der Waals surface area contributed by atoms with E-state index in [0.29, 0.717) is 10.7 Å². The number of carbonyl (C=O) groups excluding carboxylic acids is 1. The van der Waals surface area contributed by atoms with Gasteiger partial charge in [0.15, 0.2) is 4.96 Å². The van der Waals surface area contributed by atoms with Crippen molar-refractivity contribution in [1.29, 1.82) is 0 Å². The molecule has 0 spiro atoms. The van der Waals surface area contributed by atoms with E-state index in [9.17, 15) is 9.59 Å². The van der Waals surface area contributed by atoms with Gasteiger partial charge in [-0.2, -0.15) is 0 Å². The first kappa shape index (κ1) is 13.6. The Bertz CT molecular complexity index is 862. The molecule has 1 amide bonds. The van der Waals surface area contributed by atoms with E-state index in [2.05, 4.69) is 10.3 Å². The molecule has 0 fully saturated rings. The molecule has 0 aromatic carbocycles. The lowest BCUT2D eigenvalue weighted by Gasteiger charge is -2.03. The summed E-state index contributed by atoms with van der Waals surface area (Å²) in [6.45, 7) is 3.99. The van der Waals surface area contributed by atoms with Gasteiger partial charge in [0.2, 0.25) is 0 Å². The fourth-order valence-electron chi connectivity index (χ4n) is 2.01. The summed E-state index contributed by atoms with van der Waals surface area (Å²) < 4.78 is 6.60. The van der Waals surface area contributed by atoms with Crippen LogP contribution in [0.5, 0.6) is 0 Å². The van der Waals surface area contributed by atoms with Gasteiger partial charge in [0.25, 0.3) is 11.5 Å². The van der Waals surface area contributed by atoms with Gasteiger partial charge < -0.3 is 9.73 Å². The normalized spacial score (nSPS) is 11.0. The Morgan fingerprint density at radius 3 is 3.00 bits per heavy atom. The number of amides is 1. The quantitative estimate of drug-likeness (QED) is 0.801. The van der Waals surface area contributed by atoms with E-state index >= 15 is 0 Å². The van der Waals surface area contributed by atoms with E-state index in [1.807, 2.05) is 13.8 Å². The van der Waals surface area contributed by atoms with Crippen LogP contribution in [-0.4, -0.2) is 15.3 Å². The average molecular weight is 303 g/mol.